The van der Waals surface area contributed by atoms with E-state index in [9.17, 15) is 19.4 Å². The van der Waals surface area contributed by atoms with Crippen LogP contribution >= 0.6 is 0 Å². The van der Waals surface area contributed by atoms with Crippen molar-refractivity contribution in [2.75, 3.05) is 6.61 Å². The van der Waals surface area contributed by atoms with Gasteiger partial charge in [0.2, 0.25) is 5.91 Å². The highest BCUT2D eigenvalue weighted by Crippen LogP contribution is 2.18. The normalized spacial score (nSPS) is 13.4. The van der Waals surface area contributed by atoms with Crippen LogP contribution < -0.4 is 5.32 Å². The Morgan fingerprint density at radius 2 is 1.77 bits per heavy atom. The molecule has 0 aliphatic heterocycles. The van der Waals surface area contributed by atoms with E-state index in [0.717, 1.165) is 5.56 Å². The predicted molar refractivity (Wildman–Crippen MR) is 80.4 cm³/mol. The van der Waals surface area contributed by atoms with Gasteiger partial charge in [0.1, 0.15) is 5.82 Å². The fourth-order valence-corrected chi connectivity index (χ4v) is 2.18. The molecule has 0 saturated heterocycles. The van der Waals surface area contributed by atoms with Crippen molar-refractivity contribution in [1.29, 1.82) is 0 Å². The molecule has 4 nitrogen and oxygen atoms in total. The highest BCUT2D eigenvalue weighted by Gasteiger charge is 2.17. The first-order valence-electron chi connectivity index (χ1n) is 6.99. The summed E-state index contributed by atoms with van der Waals surface area (Å²) in [6, 6.07) is 14.0. The number of amides is 1. The molecule has 22 heavy (non-hydrogen) atoms. The zero-order valence-electron chi connectivity index (χ0n) is 11.9. The van der Waals surface area contributed by atoms with Gasteiger partial charge in [0.25, 0.3) is 0 Å². The number of carbonyl (C=O) groups excluding carboxylic acids is 1. The average Bonchev–Trinajstić information content (AvgIpc) is 2.53. The molecule has 2 aromatic rings. The summed E-state index contributed by atoms with van der Waals surface area (Å²) in [5.41, 5.74) is 1.12. The van der Waals surface area contributed by atoms with Gasteiger partial charge in [-0.1, -0.05) is 42.5 Å². The van der Waals surface area contributed by atoms with Crippen molar-refractivity contribution in [2.45, 2.75) is 18.6 Å². The minimum Gasteiger partial charge on any atom is -0.394 e. The molecule has 2 rings (SSSR count). The fourth-order valence-electron chi connectivity index (χ4n) is 2.18. The Balaban J connectivity index is 1.97. The molecule has 3 N–H and O–H groups in total. The van der Waals surface area contributed by atoms with Crippen LogP contribution in [-0.4, -0.2) is 22.7 Å². The number of nitrogens with one attached hydrogen (secondary N) is 1. The molecule has 0 aliphatic rings. The molecule has 0 aromatic heterocycles. The van der Waals surface area contributed by atoms with E-state index in [2.05, 4.69) is 5.32 Å². The second-order valence-electron chi connectivity index (χ2n) is 4.99. The largest absolute Gasteiger partial charge is 0.394 e. The number of rotatable bonds is 6. The minimum atomic E-state index is -1.09. The van der Waals surface area contributed by atoms with Crippen LogP contribution in [0.5, 0.6) is 0 Å². The first-order chi connectivity index (χ1) is 10.6. The molecular formula is C17H18FNO3. The third kappa shape index (κ3) is 4.38. The summed E-state index contributed by atoms with van der Waals surface area (Å²) in [4.78, 5) is 12.0. The lowest BCUT2D eigenvalue weighted by Gasteiger charge is -2.18. The van der Waals surface area contributed by atoms with Gasteiger partial charge in [0, 0.05) is 0 Å². The van der Waals surface area contributed by atoms with Crippen molar-refractivity contribution in [1.82, 2.24) is 5.32 Å². The minimum absolute atomic E-state index is 0.202. The van der Waals surface area contributed by atoms with Crippen molar-refractivity contribution in [3.8, 4) is 0 Å². The van der Waals surface area contributed by atoms with Crippen LogP contribution in [0, 0.1) is 5.82 Å². The Kier molecular flexibility index (Phi) is 5.63. The summed E-state index contributed by atoms with van der Waals surface area (Å²) in [7, 11) is 0. The molecule has 5 heteroatoms. The summed E-state index contributed by atoms with van der Waals surface area (Å²) in [6.45, 7) is -0.244. The van der Waals surface area contributed by atoms with Crippen LogP contribution in [0.4, 0.5) is 4.39 Å². The average molecular weight is 303 g/mol. The molecule has 0 spiro atoms. The topological polar surface area (TPSA) is 69.6 Å². The Bertz CT molecular complexity index is 618. The van der Waals surface area contributed by atoms with Gasteiger partial charge >= 0.3 is 0 Å². The molecule has 2 atom stereocenters. The number of hydrogen-bond acceptors (Lipinski definition) is 3. The fraction of sp³-hybridized carbons (Fsp3) is 0.235. The predicted octanol–water partition coefficient (Wildman–Crippen LogP) is 2.10. The Labute approximate surface area is 128 Å². The molecule has 0 heterocycles. The standard InChI is InChI=1S/C17H18FNO3/c18-14-8-4-7-13(9-14)16(21)10-17(22)19-15(11-20)12-5-2-1-3-6-12/h1-9,15-16,20-21H,10-11H2,(H,19,22)/t15-,16+/m0/s1. The Morgan fingerprint density at radius 1 is 1.09 bits per heavy atom. The van der Waals surface area contributed by atoms with Crippen LogP contribution in [-0.2, 0) is 4.79 Å². The molecule has 1 amide bonds. The van der Waals surface area contributed by atoms with Crippen molar-refractivity contribution >= 4 is 5.91 Å². The summed E-state index contributed by atoms with van der Waals surface area (Å²) >= 11 is 0. The van der Waals surface area contributed by atoms with E-state index in [1.54, 1.807) is 18.2 Å². The number of halogens is 1. The number of hydrogen-bond donors (Lipinski definition) is 3. The number of aliphatic hydroxyl groups excluding tert-OH is 2. The molecule has 0 radical (unpaired) electrons. The van der Waals surface area contributed by atoms with E-state index in [4.69, 9.17) is 0 Å². The highest BCUT2D eigenvalue weighted by atomic mass is 19.1. The maximum Gasteiger partial charge on any atom is 0.223 e. The first kappa shape index (κ1) is 16.1. The number of aliphatic hydroxyl groups is 2. The van der Waals surface area contributed by atoms with Gasteiger partial charge in [-0.05, 0) is 23.3 Å². The third-order valence-electron chi connectivity index (χ3n) is 3.33. The zero-order chi connectivity index (χ0) is 15.9. The van der Waals surface area contributed by atoms with Crippen LogP contribution in [0.25, 0.3) is 0 Å². The number of carbonyl (C=O) groups is 1. The maximum atomic E-state index is 13.1. The van der Waals surface area contributed by atoms with Gasteiger partial charge < -0.3 is 15.5 Å². The summed E-state index contributed by atoms with van der Waals surface area (Å²) in [6.07, 6.45) is -1.29. The summed E-state index contributed by atoms with van der Waals surface area (Å²) in [5, 5.41) is 22.0. The maximum absolute atomic E-state index is 13.1. The van der Waals surface area contributed by atoms with E-state index < -0.39 is 23.9 Å². The van der Waals surface area contributed by atoms with E-state index in [1.807, 2.05) is 18.2 Å². The molecule has 0 saturated carbocycles. The van der Waals surface area contributed by atoms with Crippen LogP contribution in [0.1, 0.15) is 29.7 Å². The lowest BCUT2D eigenvalue weighted by molar-refractivity contribution is -0.124. The molecule has 0 fully saturated rings. The van der Waals surface area contributed by atoms with Crippen LogP contribution in [0.15, 0.2) is 54.6 Å². The van der Waals surface area contributed by atoms with Gasteiger partial charge in [-0.25, -0.2) is 4.39 Å². The van der Waals surface area contributed by atoms with Crippen molar-refractivity contribution in [3.63, 3.8) is 0 Å². The smallest absolute Gasteiger partial charge is 0.223 e. The second kappa shape index (κ2) is 7.68. The Morgan fingerprint density at radius 3 is 2.41 bits per heavy atom. The van der Waals surface area contributed by atoms with Crippen LogP contribution in [0.2, 0.25) is 0 Å². The third-order valence-corrected chi connectivity index (χ3v) is 3.33. The van der Waals surface area contributed by atoms with Crippen molar-refractivity contribution in [3.05, 3.63) is 71.5 Å². The highest BCUT2D eigenvalue weighted by molar-refractivity contribution is 5.77. The molecular weight excluding hydrogens is 285 g/mol. The summed E-state index contributed by atoms with van der Waals surface area (Å²) < 4.78 is 13.1. The second-order valence-corrected chi connectivity index (χ2v) is 4.99. The van der Waals surface area contributed by atoms with Crippen molar-refractivity contribution < 1.29 is 19.4 Å². The molecule has 0 bridgehead atoms. The lowest BCUT2D eigenvalue weighted by Crippen LogP contribution is -2.31. The van der Waals surface area contributed by atoms with Gasteiger partial charge in [0.05, 0.1) is 25.2 Å². The van der Waals surface area contributed by atoms with E-state index in [1.165, 1.54) is 18.2 Å². The van der Waals surface area contributed by atoms with Gasteiger partial charge in [-0.3, -0.25) is 4.79 Å². The molecule has 0 unspecified atom stereocenters. The Hall–Kier alpha value is -2.24. The van der Waals surface area contributed by atoms with E-state index >= 15 is 0 Å². The van der Waals surface area contributed by atoms with Crippen molar-refractivity contribution in [2.24, 2.45) is 0 Å². The van der Waals surface area contributed by atoms with Gasteiger partial charge in [0.15, 0.2) is 0 Å². The molecule has 0 aliphatic carbocycles. The summed E-state index contributed by atoms with van der Waals surface area (Å²) in [5.74, 6) is -0.880. The SMILES string of the molecule is O=C(C[C@@H](O)c1cccc(F)c1)N[C@@H](CO)c1ccccc1. The number of benzene rings is 2. The quantitative estimate of drug-likeness (QED) is 0.765. The lowest BCUT2D eigenvalue weighted by atomic mass is 10.0. The zero-order valence-corrected chi connectivity index (χ0v) is 11.9. The monoisotopic (exact) mass is 303 g/mol. The van der Waals surface area contributed by atoms with Crippen LogP contribution in [0.3, 0.4) is 0 Å². The van der Waals surface area contributed by atoms with E-state index in [-0.39, 0.29) is 13.0 Å². The van der Waals surface area contributed by atoms with E-state index in [0.29, 0.717) is 5.56 Å². The van der Waals surface area contributed by atoms with Gasteiger partial charge in [-0.2, -0.15) is 0 Å². The molecule has 116 valence electrons. The van der Waals surface area contributed by atoms with Gasteiger partial charge in [-0.15, -0.1) is 0 Å². The molecule has 2 aromatic carbocycles. The first-order valence-corrected chi connectivity index (χ1v) is 6.99.